The molecule has 1 heterocycles. The van der Waals surface area contributed by atoms with Gasteiger partial charge in [-0.05, 0) is 43.1 Å². The number of benzene rings is 1. The maximum atomic E-state index is 14.2. The summed E-state index contributed by atoms with van der Waals surface area (Å²) in [5, 5.41) is 12.0. The molecule has 1 aliphatic heterocycles. The van der Waals surface area contributed by atoms with Gasteiger partial charge < -0.3 is 19.5 Å². The van der Waals surface area contributed by atoms with Crippen LogP contribution in [0.5, 0.6) is 0 Å². The fourth-order valence-electron chi connectivity index (χ4n) is 5.79. The van der Waals surface area contributed by atoms with Crippen LogP contribution in [0, 0.1) is 17.8 Å². The van der Waals surface area contributed by atoms with Crippen molar-refractivity contribution in [2.24, 2.45) is 17.8 Å². The van der Waals surface area contributed by atoms with Crippen LogP contribution in [0.2, 0.25) is 0 Å². The summed E-state index contributed by atoms with van der Waals surface area (Å²) in [5.74, 6) is -1.99. The van der Waals surface area contributed by atoms with E-state index >= 15 is 0 Å². The summed E-state index contributed by atoms with van der Waals surface area (Å²) in [7, 11) is -3.62. The number of ether oxygens (including phenoxy) is 1. The summed E-state index contributed by atoms with van der Waals surface area (Å²) < 4.78 is 25.6. The second-order valence-corrected chi connectivity index (χ2v) is 14.1. The van der Waals surface area contributed by atoms with Crippen LogP contribution in [-0.2, 0) is 34.6 Å². The average molecular weight is 586 g/mol. The number of unbranched alkanes of at least 4 members (excludes halogenated alkanes) is 1. The predicted molar refractivity (Wildman–Crippen MR) is 148 cm³/mol. The summed E-state index contributed by atoms with van der Waals surface area (Å²) in [6.45, 7) is 5.62. The number of rotatable bonds is 14. The number of hydrogen-bond acceptors (Lipinski definition) is 7. The molecule has 1 aromatic carbocycles. The van der Waals surface area contributed by atoms with E-state index in [4.69, 9.17) is 9.26 Å². The molecule has 0 radical (unpaired) electrons. The Balaban J connectivity index is 0.00000560. The van der Waals surface area contributed by atoms with Crippen molar-refractivity contribution in [3.8, 4) is 0 Å². The van der Waals surface area contributed by atoms with Gasteiger partial charge in [0.15, 0.2) is 0 Å². The second-order valence-electron chi connectivity index (χ2n) is 11.5. The first-order valence-electron chi connectivity index (χ1n) is 14.6. The number of esters is 1. The molecule has 1 aromatic rings. The maximum Gasteiger partial charge on any atom is 1.00 e. The van der Waals surface area contributed by atoms with Crippen molar-refractivity contribution in [3.63, 3.8) is 0 Å². The van der Waals surface area contributed by atoms with E-state index in [0.717, 1.165) is 38.5 Å². The van der Waals surface area contributed by atoms with Crippen molar-refractivity contribution in [2.45, 2.75) is 97.3 Å². The van der Waals surface area contributed by atoms with E-state index < -0.39 is 43.7 Å². The van der Waals surface area contributed by atoms with E-state index in [1.807, 2.05) is 30.3 Å². The molecule has 2 aliphatic rings. The van der Waals surface area contributed by atoms with Crippen molar-refractivity contribution in [1.29, 1.82) is 0 Å². The van der Waals surface area contributed by atoms with Gasteiger partial charge in [0, 0.05) is 25.0 Å². The Kier molecular flexibility index (Phi) is 14.9. The van der Waals surface area contributed by atoms with Crippen LogP contribution in [0.15, 0.2) is 30.3 Å². The van der Waals surface area contributed by atoms with Gasteiger partial charge in [-0.15, -0.1) is 0 Å². The average Bonchev–Trinajstić information content (AvgIpc) is 3.38. The van der Waals surface area contributed by atoms with E-state index in [-0.39, 0.29) is 54.0 Å². The Morgan fingerprint density at radius 2 is 1.73 bits per heavy atom. The Bertz CT molecular complexity index is 999. The maximum absolute atomic E-state index is 14.2. The van der Waals surface area contributed by atoms with Crippen LogP contribution in [0.1, 0.15) is 84.1 Å². The molecule has 1 amide bonds. The molecule has 1 saturated heterocycles. The molecule has 3 unspecified atom stereocenters. The minimum absolute atomic E-state index is 0. The number of carboxylic acids is 1. The molecule has 0 aromatic heterocycles. The molecule has 0 spiro atoms. The van der Waals surface area contributed by atoms with Crippen LogP contribution in [0.4, 0.5) is 0 Å². The SMILES string of the molecule is CCC(=O)OC(O[P@](=O)(CCCCc1ccccc1)CC(=O)N1CC(C2CCCCC2)CC1C(=O)[O-])C(C)C.[Na+]. The van der Waals surface area contributed by atoms with E-state index in [2.05, 4.69) is 0 Å². The molecule has 1 aliphatic carbocycles. The molecule has 218 valence electrons. The number of aryl methyl sites for hydroxylation is 1. The minimum Gasteiger partial charge on any atom is -0.548 e. The molecule has 4 atom stereocenters. The Labute approximate surface area is 261 Å². The smallest absolute Gasteiger partial charge is 0.548 e. The number of likely N-dealkylation sites (tertiary alicyclic amines) is 1. The number of carboxylic acid groups (broad SMARTS) is 1. The fraction of sp³-hybridized carbons (Fsp3) is 0.700. The minimum atomic E-state index is -3.62. The number of carbonyl (C=O) groups excluding carboxylic acids is 3. The molecule has 0 bridgehead atoms. The van der Waals surface area contributed by atoms with E-state index in [1.165, 1.54) is 16.9 Å². The zero-order chi connectivity index (χ0) is 28.4. The van der Waals surface area contributed by atoms with Crippen molar-refractivity contribution in [1.82, 2.24) is 4.90 Å². The van der Waals surface area contributed by atoms with Crippen LogP contribution in [0.25, 0.3) is 0 Å². The van der Waals surface area contributed by atoms with E-state index in [9.17, 15) is 24.1 Å². The van der Waals surface area contributed by atoms with Gasteiger partial charge in [-0.25, -0.2) is 0 Å². The first kappa shape index (κ1) is 35.0. The molecule has 40 heavy (non-hydrogen) atoms. The third kappa shape index (κ3) is 10.6. The zero-order valence-electron chi connectivity index (χ0n) is 24.7. The zero-order valence-corrected chi connectivity index (χ0v) is 27.6. The quantitative estimate of drug-likeness (QED) is 0.108. The Morgan fingerprint density at radius 1 is 1.05 bits per heavy atom. The van der Waals surface area contributed by atoms with Crippen molar-refractivity contribution in [2.75, 3.05) is 18.9 Å². The number of hydrogen-bond donors (Lipinski definition) is 0. The Hall–Kier alpha value is -1.18. The summed E-state index contributed by atoms with van der Waals surface area (Å²) in [4.78, 5) is 39.0. The van der Waals surface area contributed by atoms with Crippen molar-refractivity contribution >= 4 is 25.2 Å². The summed E-state index contributed by atoms with van der Waals surface area (Å²) in [6.07, 6.45) is 6.88. The second kappa shape index (κ2) is 17.1. The molecule has 2 fully saturated rings. The van der Waals surface area contributed by atoms with Gasteiger partial charge >= 0.3 is 35.5 Å². The van der Waals surface area contributed by atoms with E-state index in [0.29, 0.717) is 25.3 Å². The Morgan fingerprint density at radius 3 is 2.33 bits per heavy atom. The molecule has 8 nitrogen and oxygen atoms in total. The summed E-state index contributed by atoms with van der Waals surface area (Å²) >= 11 is 0. The molecular weight excluding hydrogens is 540 g/mol. The standard InChI is InChI=1S/C30H46NO7P.Na/c1-4-28(33)37-30(22(2)3)38-39(36,18-12-11-15-23-13-7-5-8-14-23)21-27(32)31-20-25(19-26(31)29(34)35)24-16-9-6-10-17-24;/h5,7-8,13-14,22,24-26,30H,4,6,9-12,15-21H2,1-3H3,(H,34,35);/q;+1/p-1/t25?,26?,30?,39-;/m1./s1. The fourth-order valence-corrected chi connectivity index (χ4v) is 8.09. The molecule has 0 N–H and O–H groups in total. The topological polar surface area (TPSA) is 113 Å². The van der Waals surface area contributed by atoms with Gasteiger partial charge in [-0.2, -0.15) is 0 Å². The van der Waals surface area contributed by atoms with Crippen molar-refractivity contribution < 1.29 is 62.9 Å². The van der Waals surface area contributed by atoms with Gasteiger partial charge in [0.25, 0.3) is 0 Å². The number of carbonyl (C=O) groups is 3. The van der Waals surface area contributed by atoms with Gasteiger partial charge in [0.1, 0.15) is 6.16 Å². The first-order chi connectivity index (χ1) is 18.6. The normalized spacial score (nSPS) is 21.9. The van der Waals surface area contributed by atoms with Gasteiger partial charge in [-0.1, -0.05) is 83.2 Å². The number of nitrogens with zero attached hydrogens (tertiary/aromatic N) is 1. The molecule has 3 rings (SSSR count). The first-order valence-corrected chi connectivity index (χ1v) is 16.6. The number of aliphatic carboxylic acids is 1. The third-order valence-electron chi connectivity index (χ3n) is 8.05. The van der Waals surface area contributed by atoms with E-state index in [1.54, 1.807) is 20.8 Å². The molecule has 10 heteroatoms. The predicted octanol–water partition coefficient (Wildman–Crippen LogP) is 1.79. The van der Waals surface area contributed by atoms with Crippen LogP contribution >= 0.6 is 7.37 Å². The van der Waals surface area contributed by atoms with Crippen LogP contribution in [-0.4, -0.2) is 53.9 Å². The number of amides is 1. The monoisotopic (exact) mass is 585 g/mol. The largest absolute Gasteiger partial charge is 1.00 e. The van der Waals surface area contributed by atoms with Crippen molar-refractivity contribution in [3.05, 3.63) is 35.9 Å². The van der Waals surface area contributed by atoms with Gasteiger partial charge in [0.2, 0.25) is 19.6 Å². The van der Waals surface area contributed by atoms with Gasteiger partial charge in [0.05, 0.1) is 12.0 Å². The van der Waals surface area contributed by atoms with Crippen LogP contribution < -0.4 is 34.7 Å². The molecule has 1 saturated carbocycles. The van der Waals surface area contributed by atoms with Gasteiger partial charge in [-0.3, -0.25) is 18.7 Å². The summed E-state index contributed by atoms with van der Waals surface area (Å²) in [5.41, 5.74) is 1.17. The summed E-state index contributed by atoms with van der Waals surface area (Å²) in [6, 6.07) is 8.96. The molecular formula is C30H45NNaO7P. The third-order valence-corrected chi connectivity index (χ3v) is 10.4. The van der Waals surface area contributed by atoms with Crippen LogP contribution in [0.3, 0.4) is 0 Å².